The van der Waals surface area contributed by atoms with Gasteiger partial charge in [0, 0.05) is 0 Å². The Hall–Kier alpha value is -4.13. The molecule has 4 aromatic rings. The second-order valence-corrected chi connectivity index (χ2v) is 16.6. The van der Waals surface area contributed by atoms with Gasteiger partial charge < -0.3 is 4.74 Å². The third-order valence-corrected chi connectivity index (χ3v) is 15.2. The number of ether oxygens (including phenoxy) is 1. The first-order chi connectivity index (χ1) is 19.2. The third kappa shape index (κ3) is 6.66. The fourth-order valence-electron chi connectivity index (χ4n) is 5.05. The summed E-state index contributed by atoms with van der Waals surface area (Å²) < 4.78 is 5.97. The molecule has 4 rings (SSSR count). The Labute approximate surface area is 235 Å². The molecule has 0 radical (unpaired) electrons. The predicted molar refractivity (Wildman–Crippen MR) is 172 cm³/mol. The molecule has 0 heterocycles. The normalized spacial score (nSPS) is 10.9. The summed E-state index contributed by atoms with van der Waals surface area (Å²) in [5, 5.41) is 5.15. The van der Waals surface area contributed by atoms with Crippen molar-refractivity contribution in [2.75, 3.05) is 13.2 Å². The molecule has 4 aromatic carbocycles. The van der Waals surface area contributed by atoms with Crippen molar-refractivity contribution in [1.29, 1.82) is 0 Å². The Morgan fingerprint density at radius 3 is 1.03 bits per heavy atom. The number of hydrogen-bond acceptors (Lipinski definition) is 1. The van der Waals surface area contributed by atoms with Crippen LogP contribution in [0.1, 0.15) is 0 Å². The second kappa shape index (κ2) is 14.1. The smallest absolute Gasteiger partial charge is 0.202 e. The lowest BCUT2D eigenvalue weighted by molar-refractivity contribution is 0.205. The Morgan fingerprint density at radius 2 is 0.769 bits per heavy atom. The molecule has 0 atom stereocenters. The van der Waals surface area contributed by atoms with Gasteiger partial charge in [-0.05, 0) is 32.8 Å². The fraction of sp³-hybridized carbons (Fsp3) is 0.111. The SMILES string of the molecule is C=CC[Si](C#CCOCC#C[Si](CC=C)(c1ccccc1)c1ccccc1)(c1ccccc1)c1ccccc1. The first-order valence-corrected chi connectivity index (χ1v) is 17.7. The number of benzene rings is 4. The van der Waals surface area contributed by atoms with Crippen LogP contribution in [0.15, 0.2) is 147 Å². The average Bonchev–Trinajstić information content (AvgIpc) is 3.01. The standard InChI is InChI=1S/C36H34OSi2/c1-3-29-38(33-19-9-5-10-20-33,34-21-11-6-12-22-34)31-17-27-37-28-18-32-39(30-4-2,35-23-13-7-14-24-35)36-25-15-8-16-26-36/h3-16,19-26H,1-2,27-30H2. The van der Waals surface area contributed by atoms with E-state index in [0.717, 1.165) is 12.1 Å². The zero-order chi connectivity index (χ0) is 27.2. The number of allylic oxidation sites excluding steroid dienone is 2. The zero-order valence-corrected chi connectivity index (χ0v) is 24.4. The predicted octanol–water partition coefficient (Wildman–Crippen LogP) is 4.99. The Kier molecular flexibility index (Phi) is 10.1. The van der Waals surface area contributed by atoms with Gasteiger partial charge in [-0.3, -0.25) is 0 Å². The van der Waals surface area contributed by atoms with Crippen LogP contribution >= 0.6 is 0 Å². The van der Waals surface area contributed by atoms with Gasteiger partial charge >= 0.3 is 0 Å². The van der Waals surface area contributed by atoms with Crippen molar-refractivity contribution in [2.24, 2.45) is 0 Å². The first kappa shape index (κ1) is 27.9. The van der Waals surface area contributed by atoms with Crippen molar-refractivity contribution >= 4 is 36.9 Å². The maximum absolute atomic E-state index is 5.97. The highest BCUT2D eigenvalue weighted by Crippen LogP contribution is 2.13. The van der Waals surface area contributed by atoms with Gasteiger partial charge in [0.1, 0.15) is 13.2 Å². The van der Waals surface area contributed by atoms with Crippen LogP contribution < -0.4 is 20.7 Å². The number of hydrogen-bond donors (Lipinski definition) is 0. The van der Waals surface area contributed by atoms with Crippen molar-refractivity contribution < 1.29 is 4.74 Å². The summed E-state index contributed by atoms with van der Waals surface area (Å²) in [6.07, 6.45) is 4.01. The van der Waals surface area contributed by atoms with E-state index >= 15 is 0 Å². The molecule has 0 aliphatic rings. The second-order valence-electron chi connectivity index (χ2n) is 9.36. The summed E-state index contributed by atoms with van der Waals surface area (Å²) in [5.41, 5.74) is 7.37. The van der Waals surface area contributed by atoms with Gasteiger partial charge in [-0.15, -0.1) is 24.2 Å². The molecule has 0 spiro atoms. The summed E-state index contributed by atoms with van der Waals surface area (Å²) in [6, 6.07) is 44.2. The van der Waals surface area contributed by atoms with Crippen LogP contribution in [0.3, 0.4) is 0 Å². The monoisotopic (exact) mass is 538 g/mol. The van der Waals surface area contributed by atoms with Gasteiger partial charge in [-0.2, -0.15) is 0 Å². The topological polar surface area (TPSA) is 9.23 Å². The van der Waals surface area contributed by atoms with Crippen LogP contribution in [-0.2, 0) is 4.74 Å². The minimum atomic E-state index is -2.34. The Morgan fingerprint density at radius 1 is 0.487 bits per heavy atom. The van der Waals surface area contributed by atoms with Gasteiger partial charge in [0.05, 0.1) is 0 Å². The maximum atomic E-state index is 5.97. The van der Waals surface area contributed by atoms with E-state index in [2.05, 4.69) is 157 Å². The summed E-state index contributed by atoms with van der Waals surface area (Å²) in [7, 11) is -4.69. The molecule has 0 unspecified atom stereocenters. The molecule has 1 nitrogen and oxygen atoms in total. The fourth-order valence-corrected chi connectivity index (χ4v) is 12.1. The lowest BCUT2D eigenvalue weighted by Gasteiger charge is -2.26. The molecule has 39 heavy (non-hydrogen) atoms. The van der Waals surface area contributed by atoms with Crippen molar-refractivity contribution in [1.82, 2.24) is 0 Å². The Balaban J connectivity index is 1.57. The van der Waals surface area contributed by atoms with Crippen LogP contribution in [0, 0.1) is 22.9 Å². The Bertz CT molecular complexity index is 1260. The van der Waals surface area contributed by atoms with Gasteiger partial charge in [0.2, 0.25) is 16.1 Å². The molecule has 0 N–H and O–H groups in total. The minimum Gasteiger partial charge on any atom is -0.356 e. The largest absolute Gasteiger partial charge is 0.356 e. The van der Waals surface area contributed by atoms with E-state index in [4.69, 9.17) is 4.74 Å². The van der Waals surface area contributed by atoms with Crippen molar-refractivity contribution in [3.8, 4) is 22.9 Å². The molecule has 0 aromatic heterocycles. The van der Waals surface area contributed by atoms with E-state index in [1.807, 2.05) is 12.2 Å². The highest BCUT2D eigenvalue weighted by Gasteiger charge is 2.35. The van der Waals surface area contributed by atoms with Crippen LogP contribution in [0.2, 0.25) is 12.1 Å². The highest BCUT2D eigenvalue weighted by atomic mass is 28.3. The van der Waals surface area contributed by atoms with E-state index < -0.39 is 16.1 Å². The van der Waals surface area contributed by atoms with E-state index in [-0.39, 0.29) is 0 Å². The van der Waals surface area contributed by atoms with Gasteiger partial charge in [-0.25, -0.2) is 0 Å². The minimum absolute atomic E-state index is 0.340. The van der Waals surface area contributed by atoms with Crippen LogP contribution in [0.25, 0.3) is 0 Å². The third-order valence-electron chi connectivity index (χ3n) is 6.92. The van der Waals surface area contributed by atoms with Crippen molar-refractivity contribution in [3.63, 3.8) is 0 Å². The summed E-state index contributed by atoms with van der Waals surface area (Å²) >= 11 is 0. The van der Waals surface area contributed by atoms with Crippen molar-refractivity contribution in [3.05, 3.63) is 147 Å². The molecular formula is C36H34OSi2. The van der Waals surface area contributed by atoms with Crippen molar-refractivity contribution in [2.45, 2.75) is 12.1 Å². The quantitative estimate of drug-likeness (QED) is 0.120. The van der Waals surface area contributed by atoms with Crippen LogP contribution in [0.5, 0.6) is 0 Å². The molecule has 0 bridgehead atoms. The molecule has 192 valence electrons. The van der Waals surface area contributed by atoms with E-state index in [9.17, 15) is 0 Å². The van der Waals surface area contributed by atoms with E-state index in [0.29, 0.717) is 13.2 Å². The molecule has 0 amide bonds. The molecule has 0 aliphatic carbocycles. The van der Waals surface area contributed by atoms with Gasteiger partial charge in [-0.1, -0.05) is 145 Å². The molecule has 3 heteroatoms. The summed E-state index contributed by atoms with van der Waals surface area (Å²) in [5.74, 6) is 6.73. The van der Waals surface area contributed by atoms with E-state index in [1.165, 1.54) is 20.7 Å². The lowest BCUT2D eigenvalue weighted by Crippen LogP contribution is -2.57. The first-order valence-electron chi connectivity index (χ1n) is 13.3. The summed E-state index contributed by atoms with van der Waals surface area (Å²) in [6.45, 7) is 8.82. The van der Waals surface area contributed by atoms with Crippen LogP contribution in [0.4, 0.5) is 0 Å². The van der Waals surface area contributed by atoms with Crippen LogP contribution in [-0.4, -0.2) is 29.4 Å². The molecule has 0 aliphatic heterocycles. The lowest BCUT2D eigenvalue weighted by atomic mass is 10.4. The zero-order valence-electron chi connectivity index (χ0n) is 22.4. The number of rotatable bonds is 10. The van der Waals surface area contributed by atoms with Gasteiger partial charge in [0.25, 0.3) is 0 Å². The molecule has 0 saturated heterocycles. The highest BCUT2D eigenvalue weighted by molar-refractivity contribution is 7.08. The average molecular weight is 539 g/mol. The van der Waals surface area contributed by atoms with Gasteiger partial charge in [0.15, 0.2) is 0 Å². The molecular weight excluding hydrogens is 505 g/mol. The van der Waals surface area contributed by atoms with E-state index in [1.54, 1.807) is 0 Å². The summed E-state index contributed by atoms with van der Waals surface area (Å²) in [4.78, 5) is 0. The molecule has 0 saturated carbocycles. The maximum Gasteiger partial charge on any atom is 0.202 e. The molecule has 0 fully saturated rings.